The van der Waals surface area contributed by atoms with Gasteiger partial charge in [0.1, 0.15) is 0 Å². The predicted octanol–water partition coefficient (Wildman–Crippen LogP) is 3.21. The molecule has 1 amide bonds. The van der Waals surface area contributed by atoms with Gasteiger partial charge in [0.2, 0.25) is 11.5 Å². The van der Waals surface area contributed by atoms with E-state index in [4.69, 9.17) is 0 Å². The molecule has 0 spiro atoms. The van der Waals surface area contributed by atoms with Gasteiger partial charge in [-0.3, -0.25) is 14.5 Å². The molecule has 2 aromatic rings. The first kappa shape index (κ1) is 20.3. The third kappa shape index (κ3) is 4.71. The average molecular weight is 382 g/mol. The highest BCUT2D eigenvalue weighted by molar-refractivity contribution is 5.77. The molecule has 0 unspecified atom stereocenters. The Bertz CT molecular complexity index is 850. The van der Waals surface area contributed by atoms with E-state index in [1.165, 1.54) is 11.6 Å². The molecule has 0 atom stereocenters. The predicted molar refractivity (Wildman–Crippen MR) is 112 cm³/mol. The number of aryl methyl sites for hydroxylation is 1. The van der Waals surface area contributed by atoms with E-state index in [1.807, 2.05) is 11.0 Å². The van der Waals surface area contributed by atoms with E-state index in [1.54, 1.807) is 12.3 Å². The Kier molecular flexibility index (Phi) is 5.75. The van der Waals surface area contributed by atoms with Gasteiger partial charge in [-0.25, -0.2) is 0 Å². The van der Waals surface area contributed by atoms with Gasteiger partial charge in [-0.1, -0.05) is 36.4 Å². The number of pyridine rings is 1. The molecule has 1 aliphatic rings. The molecule has 0 bridgehead atoms. The number of nitrogens with one attached hydrogen (secondary N) is 1. The molecule has 1 aliphatic heterocycles. The van der Waals surface area contributed by atoms with Crippen molar-refractivity contribution in [3.8, 4) is 0 Å². The van der Waals surface area contributed by atoms with Crippen LogP contribution in [0.2, 0.25) is 0 Å². The van der Waals surface area contributed by atoms with Crippen LogP contribution in [0.15, 0.2) is 53.5 Å². The maximum absolute atomic E-state index is 13.0. The van der Waals surface area contributed by atoms with E-state index >= 15 is 0 Å². The Hall–Kier alpha value is -2.40. The average Bonchev–Trinajstić information content (AvgIpc) is 2.65. The minimum absolute atomic E-state index is 0.0982. The molecule has 1 aromatic heterocycles. The van der Waals surface area contributed by atoms with Crippen molar-refractivity contribution in [2.24, 2.45) is 0 Å². The first-order valence-corrected chi connectivity index (χ1v) is 9.94. The van der Waals surface area contributed by atoms with Crippen LogP contribution in [-0.4, -0.2) is 44.9 Å². The first-order valence-electron chi connectivity index (χ1n) is 9.94. The van der Waals surface area contributed by atoms with Gasteiger partial charge in [0.25, 0.3) is 0 Å². The molecule has 0 radical (unpaired) electrons. The van der Waals surface area contributed by atoms with Gasteiger partial charge in [0.05, 0.1) is 5.54 Å². The van der Waals surface area contributed by atoms with Crippen molar-refractivity contribution < 1.29 is 4.79 Å². The smallest absolute Gasteiger partial charge is 0.247 e. The zero-order valence-electron chi connectivity index (χ0n) is 17.4. The number of aromatic amines is 1. The fourth-order valence-electron chi connectivity index (χ4n) is 3.95. The number of carbonyl (C=O) groups excluding carboxylic acids is 1. The van der Waals surface area contributed by atoms with Gasteiger partial charge < -0.3 is 9.88 Å². The van der Waals surface area contributed by atoms with Crippen LogP contribution < -0.4 is 5.56 Å². The molecule has 0 aliphatic carbocycles. The number of hydrogen-bond donors (Lipinski definition) is 1. The zero-order chi connectivity index (χ0) is 20.4. The summed E-state index contributed by atoms with van der Waals surface area (Å²) in [6.45, 7) is 11.2. The number of H-pyrrole nitrogens is 1. The van der Waals surface area contributed by atoms with Crippen molar-refractivity contribution in [3.63, 3.8) is 0 Å². The van der Waals surface area contributed by atoms with Gasteiger partial charge in [0.15, 0.2) is 0 Å². The lowest BCUT2D eigenvalue weighted by atomic mass is 9.88. The Labute approximate surface area is 167 Å². The van der Waals surface area contributed by atoms with E-state index < -0.39 is 0 Å². The fraction of sp³-hybridized carbons (Fsp3) is 0.478. The molecular weight excluding hydrogens is 350 g/mol. The van der Waals surface area contributed by atoms with Crippen LogP contribution >= 0.6 is 0 Å². The summed E-state index contributed by atoms with van der Waals surface area (Å²) in [4.78, 5) is 31.4. The van der Waals surface area contributed by atoms with Gasteiger partial charge >= 0.3 is 0 Å². The highest BCUT2D eigenvalue weighted by Crippen LogP contribution is 2.32. The summed E-state index contributed by atoms with van der Waals surface area (Å²) in [5.41, 5.74) is 1.83. The lowest BCUT2D eigenvalue weighted by molar-refractivity contribution is -0.147. The second-order valence-corrected chi connectivity index (χ2v) is 9.01. The van der Waals surface area contributed by atoms with Crippen LogP contribution in [0.4, 0.5) is 0 Å². The molecule has 28 heavy (non-hydrogen) atoms. The minimum atomic E-state index is -0.230. The molecule has 2 heterocycles. The summed E-state index contributed by atoms with van der Waals surface area (Å²) in [5, 5.41) is 0. The van der Waals surface area contributed by atoms with Gasteiger partial charge in [0, 0.05) is 43.9 Å². The Morgan fingerprint density at radius 3 is 2.32 bits per heavy atom. The summed E-state index contributed by atoms with van der Waals surface area (Å²) in [7, 11) is 0. The van der Waals surface area contributed by atoms with Crippen molar-refractivity contribution in [2.75, 3.05) is 13.1 Å². The lowest BCUT2D eigenvalue weighted by Gasteiger charge is -2.55. The summed E-state index contributed by atoms with van der Waals surface area (Å²) < 4.78 is 0. The number of aromatic nitrogens is 1. The third-order valence-electron chi connectivity index (χ3n) is 5.70. The van der Waals surface area contributed by atoms with Crippen molar-refractivity contribution >= 4 is 5.91 Å². The molecule has 5 heteroatoms. The Morgan fingerprint density at radius 1 is 0.964 bits per heavy atom. The van der Waals surface area contributed by atoms with Crippen LogP contribution in [0.1, 0.15) is 45.2 Å². The molecule has 0 saturated carbocycles. The van der Waals surface area contributed by atoms with E-state index in [0.29, 0.717) is 19.4 Å². The largest absolute Gasteiger partial charge is 0.334 e. The van der Waals surface area contributed by atoms with Crippen LogP contribution in [-0.2, 0) is 17.8 Å². The summed E-state index contributed by atoms with van der Waals surface area (Å²) in [6.07, 6.45) is 2.78. The van der Waals surface area contributed by atoms with E-state index in [-0.39, 0.29) is 22.5 Å². The number of piperazine rings is 1. The standard InChI is InChI=1S/C23H31N3O2/c1-22(2)17-26(21(28)13-11-18-10-12-20(27)24-14-18)23(3,4)16-25(22)15-19-8-6-5-7-9-19/h5-10,12,14H,11,13,15-17H2,1-4H3,(H,24,27). The van der Waals surface area contributed by atoms with Crippen LogP contribution in [0, 0.1) is 0 Å². The highest BCUT2D eigenvalue weighted by Gasteiger charge is 2.44. The third-order valence-corrected chi connectivity index (χ3v) is 5.70. The molecule has 1 saturated heterocycles. The molecule has 150 valence electrons. The van der Waals surface area contributed by atoms with Gasteiger partial charge in [-0.2, -0.15) is 0 Å². The molecule has 5 nitrogen and oxygen atoms in total. The summed E-state index contributed by atoms with van der Waals surface area (Å²) in [6, 6.07) is 13.8. The van der Waals surface area contributed by atoms with Crippen molar-refractivity contribution in [1.82, 2.24) is 14.8 Å². The number of carbonyl (C=O) groups is 1. The quantitative estimate of drug-likeness (QED) is 0.865. The van der Waals surface area contributed by atoms with Crippen molar-refractivity contribution in [1.29, 1.82) is 0 Å². The first-order chi connectivity index (χ1) is 13.2. The second-order valence-electron chi connectivity index (χ2n) is 9.01. The molecule has 1 fully saturated rings. The van der Waals surface area contributed by atoms with Crippen LogP contribution in [0.5, 0.6) is 0 Å². The monoisotopic (exact) mass is 381 g/mol. The molecule has 3 rings (SSSR count). The molecular formula is C23H31N3O2. The number of nitrogens with zero attached hydrogens (tertiary/aromatic N) is 2. The molecule has 1 N–H and O–H groups in total. The maximum Gasteiger partial charge on any atom is 0.247 e. The minimum Gasteiger partial charge on any atom is -0.334 e. The van der Waals surface area contributed by atoms with Crippen LogP contribution in [0.25, 0.3) is 0 Å². The number of rotatable bonds is 5. The van der Waals surface area contributed by atoms with Gasteiger partial charge in [-0.15, -0.1) is 0 Å². The fourth-order valence-corrected chi connectivity index (χ4v) is 3.95. The maximum atomic E-state index is 13.0. The van der Waals surface area contributed by atoms with Crippen molar-refractivity contribution in [2.45, 2.75) is 58.2 Å². The van der Waals surface area contributed by atoms with E-state index in [0.717, 1.165) is 18.7 Å². The topological polar surface area (TPSA) is 56.4 Å². The second kappa shape index (κ2) is 7.92. The van der Waals surface area contributed by atoms with Crippen molar-refractivity contribution in [3.05, 3.63) is 70.1 Å². The van der Waals surface area contributed by atoms with E-state index in [9.17, 15) is 9.59 Å². The zero-order valence-corrected chi connectivity index (χ0v) is 17.4. The Morgan fingerprint density at radius 2 is 1.68 bits per heavy atom. The number of benzene rings is 1. The summed E-state index contributed by atoms with van der Waals surface area (Å²) >= 11 is 0. The number of amides is 1. The van der Waals surface area contributed by atoms with E-state index in [2.05, 4.69) is 61.8 Å². The molecule has 1 aromatic carbocycles. The Balaban J connectivity index is 1.68. The lowest BCUT2D eigenvalue weighted by Crippen LogP contribution is -2.68. The van der Waals surface area contributed by atoms with Gasteiger partial charge in [-0.05, 0) is 45.2 Å². The highest BCUT2D eigenvalue weighted by atomic mass is 16.2. The SMILES string of the molecule is CC1(C)CN(C(=O)CCc2ccc(=O)[nH]c2)C(C)(C)CN1Cc1ccccc1. The summed E-state index contributed by atoms with van der Waals surface area (Å²) in [5.74, 6) is 0.170. The number of hydrogen-bond acceptors (Lipinski definition) is 3. The normalized spacial score (nSPS) is 18.8. The van der Waals surface area contributed by atoms with Crippen LogP contribution in [0.3, 0.4) is 0 Å².